The van der Waals surface area contributed by atoms with Crippen molar-refractivity contribution in [1.82, 2.24) is 10.6 Å². The fourth-order valence-corrected chi connectivity index (χ4v) is 1.89. The van der Waals surface area contributed by atoms with Crippen molar-refractivity contribution in [2.75, 3.05) is 0 Å². The Labute approximate surface area is 103 Å². The zero-order valence-electron chi connectivity index (χ0n) is 9.60. The van der Waals surface area contributed by atoms with Crippen LogP contribution in [0.15, 0.2) is 35.5 Å². The van der Waals surface area contributed by atoms with Crippen LogP contribution < -0.4 is 10.6 Å². The van der Waals surface area contributed by atoms with Crippen LogP contribution in [0.1, 0.15) is 18.5 Å². The molecular formula is C12H12N2O4. The molecule has 94 valence electrons. The summed E-state index contributed by atoms with van der Waals surface area (Å²) in [6.07, 6.45) is 0. The molecule has 1 aliphatic rings. The van der Waals surface area contributed by atoms with Crippen molar-refractivity contribution >= 4 is 12.0 Å². The lowest BCUT2D eigenvalue weighted by Crippen LogP contribution is -2.45. The fraction of sp³-hybridized carbons (Fsp3) is 0.167. The number of carboxylic acids is 1. The van der Waals surface area contributed by atoms with Gasteiger partial charge in [-0.15, -0.1) is 0 Å². The Kier molecular flexibility index (Phi) is 2.93. The first-order chi connectivity index (χ1) is 8.49. The van der Waals surface area contributed by atoms with Gasteiger partial charge in [0.2, 0.25) is 0 Å². The maximum absolute atomic E-state index is 11.4. The monoisotopic (exact) mass is 248 g/mol. The molecule has 1 aromatic rings. The lowest BCUT2D eigenvalue weighted by molar-refractivity contribution is -0.133. The number of carbonyl (C=O) groups excluding carboxylic acids is 1. The standard InChI is InChI=1S/C12H12N2O4/c1-6-9(11(16)17)10(14-12(18)13-6)7-2-4-8(15)5-3-7/h2-5,10,15H,1H3,(H,16,17)(H2,13,14,18). The van der Waals surface area contributed by atoms with Gasteiger partial charge in [0.1, 0.15) is 5.75 Å². The predicted molar refractivity (Wildman–Crippen MR) is 62.9 cm³/mol. The summed E-state index contributed by atoms with van der Waals surface area (Å²) < 4.78 is 0. The zero-order valence-corrected chi connectivity index (χ0v) is 9.60. The molecule has 0 radical (unpaired) electrons. The topological polar surface area (TPSA) is 98.7 Å². The van der Waals surface area contributed by atoms with E-state index in [1.165, 1.54) is 19.1 Å². The van der Waals surface area contributed by atoms with Gasteiger partial charge in [-0.1, -0.05) is 12.1 Å². The lowest BCUT2D eigenvalue weighted by atomic mass is 9.96. The highest BCUT2D eigenvalue weighted by atomic mass is 16.4. The molecule has 0 spiro atoms. The summed E-state index contributed by atoms with van der Waals surface area (Å²) >= 11 is 0. The molecule has 2 amide bonds. The molecule has 0 aromatic heterocycles. The number of nitrogens with one attached hydrogen (secondary N) is 2. The Morgan fingerprint density at radius 3 is 2.44 bits per heavy atom. The number of aromatic hydroxyl groups is 1. The summed E-state index contributed by atoms with van der Waals surface area (Å²) in [5, 5.41) is 23.4. The van der Waals surface area contributed by atoms with Gasteiger partial charge in [-0.05, 0) is 24.6 Å². The highest BCUT2D eigenvalue weighted by molar-refractivity contribution is 5.93. The average molecular weight is 248 g/mol. The molecule has 6 heteroatoms. The highest BCUT2D eigenvalue weighted by Crippen LogP contribution is 2.27. The number of rotatable bonds is 2. The third kappa shape index (κ3) is 2.13. The number of phenols is 1. The minimum Gasteiger partial charge on any atom is -0.508 e. The van der Waals surface area contributed by atoms with Gasteiger partial charge in [0.05, 0.1) is 11.6 Å². The van der Waals surface area contributed by atoms with E-state index in [9.17, 15) is 19.8 Å². The van der Waals surface area contributed by atoms with Crippen LogP contribution in [0.2, 0.25) is 0 Å². The van der Waals surface area contributed by atoms with E-state index in [1.807, 2.05) is 0 Å². The van der Waals surface area contributed by atoms with Crippen molar-refractivity contribution in [3.05, 3.63) is 41.1 Å². The maximum atomic E-state index is 11.4. The molecule has 6 nitrogen and oxygen atoms in total. The van der Waals surface area contributed by atoms with Gasteiger partial charge in [-0.25, -0.2) is 9.59 Å². The Morgan fingerprint density at radius 1 is 1.28 bits per heavy atom. The quantitative estimate of drug-likeness (QED) is 0.630. The molecule has 0 aliphatic carbocycles. The summed E-state index contributed by atoms with van der Waals surface area (Å²) in [5.74, 6) is -1.02. The van der Waals surface area contributed by atoms with Gasteiger partial charge in [0.15, 0.2) is 0 Å². The normalized spacial score (nSPS) is 19.2. The van der Waals surface area contributed by atoms with Crippen LogP contribution in [-0.2, 0) is 4.79 Å². The Hall–Kier alpha value is -2.50. The first-order valence-corrected chi connectivity index (χ1v) is 5.29. The minimum atomic E-state index is -1.10. The number of aliphatic carboxylic acids is 1. The van der Waals surface area contributed by atoms with Crippen molar-refractivity contribution in [2.24, 2.45) is 0 Å². The number of amides is 2. The summed E-state index contributed by atoms with van der Waals surface area (Å²) in [6, 6.07) is 4.85. The number of phenolic OH excluding ortho intramolecular Hbond substituents is 1. The largest absolute Gasteiger partial charge is 0.508 e. The van der Waals surface area contributed by atoms with Crippen LogP contribution in [0.4, 0.5) is 4.79 Å². The summed E-state index contributed by atoms with van der Waals surface area (Å²) in [4.78, 5) is 22.6. The third-order valence-corrected chi connectivity index (χ3v) is 2.73. The molecule has 1 heterocycles. The van der Waals surface area contributed by atoms with E-state index in [1.54, 1.807) is 12.1 Å². The number of hydrogen-bond donors (Lipinski definition) is 4. The van der Waals surface area contributed by atoms with E-state index >= 15 is 0 Å². The van der Waals surface area contributed by atoms with Gasteiger partial charge < -0.3 is 20.8 Å². The van der Waals surface area contributed by atoms with Gasteiger partial charge in [0, 0.05) is 5.70 Å². The molecule has 0 saturated carbocycles. The number of carboxylic acid groups (broad SMARTS) is 1. The molecular weight excluding hydrogens is 236 g/mol. The number of carbonyl (C=O) groups is 2. The van der Waals surface area contributed by atoms with E-state index in [-0.39, 0.29) is 11.3 Å². The van der Waals surface area contributed by atoms with Crippen LogP contribution in [-0.4, -0.2) is 22.2 Å². The van der Waals surface area contributed by atoms with Crippen molar-refractivity contribution in [3.63, 3.8) is 0 Å². The lowest BCUT2D eigenvalue weighted by Gasteiger charge is -2.27. The SMILES string of the molecule is CC1=C(C(=O)O)C(c2ccc(O)cc2)NC(=O)N1. The second-order valence-corrected chi connectivity index (χ2v) is 3.97. The van der Waals surface area contributed by atoms with Crippen LogP contribution in [0.3, 0.4) is 0 Å². The van der Waals surface area contributed by atoms with Crippen LogP contribution >= 0.6 is 0 Å². The molecule has 0 fully saturated rings. The molecule has 1 aromatic carbocycles. The molecule has 1 unspecified atom stereocenters. The van der Waals surface area contributed by atoms with E-state index in [2.05, 4.69) is 10.6 Å². The third-order valence-electron chi connectivity index (χ3n) is 2.73. The Bertz CT molecular complexity index is 534. The van der Waals surface area contributed by atoms with Crippen molar-refractivity contribution in [2.45, 2.75) is 13.0 Å². The first kappa shape index (κ1) is 12.0. The smallest absolute Gasteiger partial charge is 0.335 e. The van der Waals surface area contributed by atoms with E-state index in [0.29, 0.717) is 11.3 Å². The van der Waals surface area contributed by atoms with Crippen LogP contribution in [0.5, 0.6) is 5.75 Å². The van der Waals surface area contributed by atoms with E-state index < -0.39 is 18.0 Å². The second kappa shape index (κ2) is 4.40. The van der Waals surface area contributed by atoms with Gasteiger partial charge in [-0.3, -0.25) is 0 Å². The molecule has 0 saturated heterocycles. The average Bonchev–Trinajstić information content (AvgIpc) is 2.28. The first-order valence-electron chi connectivity index (χ1n) is 5.29. The predicted octanol–water partition coefficient (Wildman–Crippen LogP) is 1.10. The Morgan fingerprint density at radius 2 is 1.89 bits per heavy atom. The van der Waals surface area contributed by atoms with Gasteiger partial charge in [-0.2, -0.15) is 0 Å². The molecule has 4 N–H and O–H groups in total. The van der Waals surface area contributed by atoms with Crippen molar-refractivity contribution in [1.29, 1.82) is 0 Å². The maximum Gasteiger partial charge on any atom is 0.335 e. The van der Waals surface area contributed by atoms with Crippen LogP contribution in [0.25, 0.3) is 0 Å². The number of allylic oxidation sites excluding steroid dienone is 1. The Balaban J connectivity index is 2.46. The summed E-state index contributed by atoms with van der Waals surface area (Å²) in [6.45, 7) is 1.54. The molecule has 1 atom stereocenters. The second-order valence-electron chi connectivity index (χ2n) is 3.97. The van der Waals surface area contributed by atoms with E-state index in [0.717, 1.165) is 0 Å². The van der Waals surface area contributed by atoms with Crippen LogP contribution in [0, 0.1) is 0 Å². The molecule has 18 heavy (non-hydrogen) atoms. The minimum absolute atomic E-state index is 0.0802. The summed E-state index contributed by atoms with van der Waals surface area (Å²) in [7, 11) is 0. The van der Waals surface area contributed by atoms with Gasteiger partial charge >= 0.3 is 12.0 Å². The number of hydrogen-bond acceptors (Lipinski definition) is 3. The fourth-order valence-electron chi connectivity index (χ4n) is 1.89. The molecule has 2 rings (SSSR count). The van der Waals surface area contributed by atoms with Gasteiger partial charge in [0.25, 0.3) is 0 Å². The number of urea groups is 1. The number of benzene rings is 1. The molecule has 0 bridgehead atoms. The molecule has 1 aliphatic heterocycles. The summed E-state index contributed by atoms with van der Waals surface area (Å²) in [5.41, 5.74) is 0.990. The van der Waals surface area contributed by atoms with E-state index in [4.69, 9.17) is 0 Å². The zero-order chi connectivity index (χ0) is 13.3. The van der Waals surface area contributed by atoms with Crippen molar-refractivity contribution < 1.29 is 19.8 Å². The highest BCUT2D eigenvalue weighted by Gasteiger charge is 2.30. The van der Waals surface area contributed by atoms with Crippen molar-refractivity contribution in [3.8, 4) is 5.75 Å².